The summed E-state index contributed by atoms with van der Waals surface area (Å²) in [6.45, 7) is 5.58. The third-order valence-corrected chi connectivity index (χ3v) is 5.80. The molecule has 0 saturated carbocycles. The molecule has 1 unspecified atom stereocenters. The maximum Gasteiger partial charge on any atom is 0.282 e. The predicted octanol–water partition coefficient (Wildman–Crippen LogP) is 0.189. The van der Waals surface area contributed by atoms with Crippen molar-refractivity contribution in [3.05, 3.63) is 0 Å². The lowest BCUT2D eigenvalue weighted by atomic mass is 10.1. The fraction of sp³-hybridized carbons (Fsp3) is 1.00. The second-order valence-electron chi connectivity index (χ2n) is 5.70. The van der Waals surface area contributed by atoms with E-state index in [1.165, 1.54) is 4.31 Å². The van der Waals surface area contributed by atoms with Crippen LogP contribution in [0.1, 0.15) is 26.2 Å². The number of likely N-dealkylation sites (N-methyl/N-ethyl adjacent to an activating group) is 3. The largest absolute Gasteiger partial charge is 0.315 e. The molecule has 1 aliphatic heterocycles. The van der Waals surface area contributed by atoms with Gasteiger partial charge in [0, 0.05) is 39.3 Å². The smallest absolute Gasteiger partial charge is 0.282 e. The summed E-state index contributed by atoms with van der Waals surface area (Å²) in [6, 6.07) is 0.0931. The van der Waals surface area contributed by atoms with Crippen molar-refractivity contribution in [2.75, 3.05) is 53.9 Å². The molecule has 0 aliphatic carbocycles. The maximum absolute atomic E-state index is 12.7. The first kappa shape index (κ1) is 17.8. The van der Waals surface area contributed by atoms with Crippen molar-refractivity contribution in [1.82, 2.24) is 18.8 Å². The minimum Gasteiger partial charge on any atom is -0.315 e. The van der Waals surface area contributed by atoms with Gasteiger partial charge in [0.05, 0.1) is 0 Å². The topological polar surface area (TPSA) is 55.9 Å². The molecule has 0 radical (unpaired) electrons. The van der Waals surface area contributed by atoms with Gasteiger partial charge in [-0.3, -0.25) is 0 Å². The first-order valence-electron chi connectivity index (χ1n) is 7.48. The second kappa shape index (κ2) is 8.29. The molecule has 1 atom stereocenters. The maximum atomic E-state index is 12.7. The normalized spacial score (nSPS) is 21.8. The Morgan fingerprint density at radius 1 is 1.20 bits per heavy atom. The van der Waals surface area contributed by atoms with Crippen molar-refractivity contribution < 1.29 is 8.42 Å². The van der Waals surface area contributed by atoms with Crippen LogP contribution in [0.2, 0.25) is 0 Å². The molecule has 1 fully saturated rings. The van der Waals surface area contributed by atoms with Crippen molar-refractivity contribution in [1.29, 1.82) is 0 Å². The minimum atomic E-state index is -3.34. The molecular formula is C13H30N4O2S. The van der Waals surface area contributed by atoms with Gasteiger partial charge in [0.25, 0.3) is 10.2 Å². The molecule has 120 valence electrons. The molecule has 0 aromatic carbocycles. The summed E-state index contributed by atoms with van der Waals surface area (Å²) >= 11 is 0. The van der Waals surface area contributed by atoms with Gasteiger partial charge in [-0.1, -0.05) is 13.3 Å². The number of hydrogen-bond donors (Lipinski definition) is 1. The average molecular weight is 306 g/mol. The molecule has 0 bridgehead atoms. The van der Waals surface area contributed by atoms with Gasteiger partial charge >= 0.3 is 0 Å². The summed E-state index contributed by atoms with van der Waals surface area (Å²) in [5, 5.41) is 3.28. The molecule has 0 aromatic heterocycles. The Morgan fingerprint density at radius 3 is 2.50 bits per heavy atom. The Hall–Kier alpha value is -0.210. The van der Waals surface area contributed by atoms with E-state index in [1.54, 1.807) is 11.4 Å². The molecule has 0 spiro atoms. The van der Waals surface area contributed by atoms with Crippen LogP contribution in [0.25, 0.3) is 0 Å². The Labute approximate surface area is 124 Å². The highest BCUT2D eigenvalue weighted by Crippen LogP contribution is 2.21. The van der Waals surface area contributed by atoms with Gasteiger partial charge in [-0.15, -0.1) is 0 Å². The van der Waals surface area contributed by atoms with Crippen molar-refractivity contribution in [3.8, 4) is 0 Å². The van der Waals surface area contributed by atoms with Crippen molar-refractivity contribution in [2.45, 2.75) is 32.2 Å². The molecule has 6 nitrogen and oxygen atoms in total. The molecule has 0 amide bonds. The van der Waals surface area contributed by atoms with Crippen molar-refractivity contribution in [3.63, 3.8) is 0 Å². The summed E-state index contributed by atoms with van der Waals surface area (Å²) in [4.78, 5) is 2.00. The van der Waals surface area contributed by atoms with Crippen LogP contribution in [0, 0.1) is 0 Å². The zero-order valence-corrected chi connectivity index (χ0v) is 14.1. The van der Waals surface area contributed by atoms with Crippen LogP contribution in [0.5, 0.6) is 0 Å². The quantitative estimate of drug-likeness (QED) is 0.695. The highest BCUT2D eigenvalue weighted by atomic mass is 32.2. The lowest BCUT2D eigenvalue weighted by Crippen LogP contribution is -2.53. The van der Waals surface area contributed by atoms with Gasteiger partial charge < -0.3 is 10.2 Å². The summed E-state index contributed by atoms with van der Waals surface area (Å²) in [5.41, 5.74) is 0. The van der Waals surface area contributed by atoms with E-state index in [0.29, 0.717) is 13.1 Å². The predicted molar refractivity (Wildman–Crippen MR) is 83.0 cm³/mol. The highest BCUT2D eigenvalue weighted by Gasteiger charge is 2.34. The van der Waals surface area contributed by atoms with E-state index in [-0.39, 0.29) is 6.04 Å². The Balaban J connectivity index is 2.70. The molecule has 1 N–H and O–H groups in total. The Kier molecular flexibility index (Phi) is 7.39. The van der Waals surface area contributed by atoms with Crippen LogP contribution in [-0.2, 0) is 10.2 Å². The number of nitrogens with zero attached hydrogens (tertiary/aromatic N) is 3. The number of nitrogens with one attached hydrogen (secondary N) is 1. The number of hydrogen-bond acceptors (Lipinski definition) is 4. The van der Waals surface area contributed by atoms with Crippen LogP contribution in [-0.4, -0.2) is 81.8 Å². The van der Waals surface area contributed by atoms with Gasteiger partial charge in [-0.05, 0) is 33.5 Å². The van der Waals surface area contributed by atoms with Gasteiger partial charge in [0.1, 0.15) is 0 Å². The zero-order chi connectivity index (χ0) is 15.2. The SMILES string of the molecule is CCNCC1CCCCN1S(=O)(=O)N(C)CCN(C)C. The van der Waals surface area contributed by atoms with E-state index in [9.17, 15) is 8.42 Å². The molecule has 7 heteroatoms. The van der Waals surface area contributed by atoms with Crippen molar-refractivity contribution >= 4 is 10.2 Å². The molecule has 1 saturated heterocycles. The fourth-order valence-electron chi connectivity index (χ4n) is 2.43. The number of piperidine rings is 1. The molecule has 1 rings (SSSR count). The fourth-order valence-corrected chi connectivity index (χ4v) is 4.01. The molecule has 20 heavy (non-hydrogen) atoms. The van der Waals surface area contributed by atoms with E-state index in [0.717, 1.165) is 38.9 Å². The standard InChI is InChI=1S/C13H30N4O2S/c1-5-14-12-13-8-6-7-9-17(13)20(18,19)16(4)11-10-15(2)3/h13-14H,5-12H2,1-4H3. The van der Waals surface area contributed by atoms with Gasteiger partial charge in [0.15, 0.2) is 0 Å². The van der Waals surface area contributed by atoms with Gasteiger partial charge in [0.2, 0.25) is 0 Å². The molecular weight excluding hydrogens is 276 g/mol. The molecule has 0 aromatic rings. The minimum absolute atomic E-state index is 0.0931. The summed E-state index contributed by atoms with van der Waals surface area (Å²) in [5.74, 6) is 0. The summed E-state index contributed by atoms with van der Waals surface area (Å²) < 4.78 is 28.5. The van der Waals surface area contributed by atoms with Crippen LogP contribution >= 0.6 is 0 Å². The van der Waals surface area contributed by atoms with Gasteiger partial charge in [-0.25, -0.2) is 0 Å². The van der Waals surface area contributed by atoms with E-state index in [2.05, 4.69) is 5.32 Å². The highest BCUT2D eigenvalue weighted by molar-refractivity contribution is 7.86. The first-order valence-corrected chi connectivity index (χ1v) is 8.87. The number of rotatable bonds is 8. The van der Waals surface area contributed by atoms with Crippen LogP contribution < -0.4 is 5.32 Å². The van der Waals surface area contributed by atoms with E-state index >= 15 is 0 Å². The molecule has 1 heterocycles. The Bertz CT molecular complexity index is 373. The van der Waals surface area contributed by atoms with Crippen LogP contribution in [0.3, 0.4) is 0 Å². The monoisotopic (exact) mass is 306 g/mol. The zero-order valence-electron chi connectivity index (χ0n) is 13.3. The Morgan fingerprint density at radius 2 is 1.90 bits per heavy atom. The molecule has 1 aliphatic rings. The lowest BCUT2D eigenvalue weighted by Gasteiger charge is -2.37. The van der Waals surface area contributed by atoms with Crippen LogP contribution in [0.4, 0.5) is 0 Å². The summed E-state index contributed by atoms with van der Waals surface area (Å²) in [7, 11) is 2.25. The third kappa shape index (κ3) is 4.96. The lowest BCUT2D eigenvalue weighted by molar-refractivity contribution is 0.228. The second-order valence-corrected chi connectivity index (χ2v) is 7.69. The van der Waals surface area contributed by atoms with E-state index < -0.39 is 10.2 Å². The first-order chi connectivity index (χ1) is 9.39. The van der Waals surface area contributed by atoms with E-state index in [1.807, 2.05) is 25.9 Å². The van der Waals surface area contributed by atoms with Crippen molar-refractivity contribution in [2.24, 2.45) is 0 Å². The van der Waals surface area contributed by atoms with E-state index in [4.69, 9.17) is 0 Å². The van der Waals surface area contributed by atoms with Crippen LogP contribution in [0.15, 0.2) is 0 Å². The summed E-state index contributed by atoms with van der Waals surface area (Å²) in [6.07, 6.45) is 3.03. The average Bonchev–Trinajstić information content (AvgIpc) is 2.42. The van der Waals surface area contributed by atoms with Gasteiger partial charge in [-0.2, -0.15) is 17.0 Å². The third-order valence-electron chi connectivity index (χ3n) is 3.76.